The van der Waals surface area contributed by atoms with Crippen molar-refractivity contribution in [1.82, 2.24) is 10.2 Å². The highest BCUT2D eigenvalue weighted by molar-refractivity contribution is 5.65. The van der Waals surface area contributed by atoms with E-state index in [1.165, 1.54) is 0 Å². The Morgan fingerprint density at radius 3 is 2.64 bits per heavy atom. The van der Waals surface area contributed by atoms with Crippen LogP contribution in [0, 0.1) is 0 Å². The third kappa shape index (κ3) is 2.09. The number of likely N-dealkylation sites (tertiary alicyclic amines) is 1. The largest absolute Gasteiger partial charge is 0.370 e. The lowest BCUT2D eigenvalue weighted by atomic mass is 10.1. The van der Waals surface area contributed by atoms with Crippen molar-refractivity contribution in [2.45, 2.75) is 24.9 Å². The molecule has 1 fully saturated rings. The van der Waals surface area contributed by atoms with E-state index in [1.807, 2.05) is 4.90 Å². The number of nitrogens with zero attached hydrogens (tertiary/aromatic N) is 2. The maximum Gasteiger partial charge on any atom is 0.250 e. The Labute approximate surface area is 81.5 Å². The summed E-state index contributed by atoms with van der Waals surface area (Å²) in [5.74, 6) is -2.47. The number of aliphatic imine (C=N–C) groups is 1. The standard InChI is InChI=1S/C9H13F2N3/c10-9(11)1-5-14(6-2-9)8-7-12-3-4-13-8/h3-4,7-8,13H,1-2,5-6H2. The molecule has 0 amide bonds. The normalized spacial score (nSPS) is 31.4. The van der Waals surface area contributed by atoms with Crippen LogP contribution >= 0.6 is 0 Å². The Morgan fingerprint density at radius 1 is 1.36 bits per heavy atom. The molecule has 0 saturated carbocycles. The highest BCUT2D eigenvalue weighted by atomic mass is 19.3. The summed E-state index contributed by atoms with van der Waals surface area (Å²) in [6.07, 6.45) is 5.00. The molecule has 0 bridgehead atoms. The average molecular weight is 201 g/mol. The van der Waals surface area contributed by atoms with Crippen LogP contribution in [0.2, 0.25) is 0 Å². The van der Waals surface area contributed by atoms with Gasteiger partial charge in [-0.25, -0.2) is 8.78 Å². The molecule has 0 spiro atoms. The average Bonchev–Trinajstić information content (AvgIpc) is 2.19. The second-order valence-electron chi connectivity index (χ2n) is 3.62. The minimum absolute atomic E-state index is 0.0175. The van der Waals surface area contributed by atoms with Crippen LogP contribution in [0.5, 0.6) is 0 Å². The molecule has 78 valence electrons. The lowest BCUT2D eigenvalue weighted by Gasteiger charge is -2.36. The molecule has 1 unspecified atom stereocenters. The van der Waals surface area contributed by atoms with Gasteiger partial charge in [-0.1, -0.05) is 0 Å². The lowest BCUT2D eigenvalue weighted by molar-refractivity contribution is -0.0593. The van der Waals surface area contributed by atoms with Crippen LogP contribution in [0.4, 0.5) is 8.78 Å². The second-order valence-corrected chi connectivity index (χ2v) is 3.62. The molecular weight excluding hydrogens is 188 g/mol. The zero-order valence-electron chi connectivity index (χ0n) is 7.79. The van der Waals surface area contributed by atoms with Gasteiger partial charge in [-0.05, 0) is 0 Å². The number of halogens is 2. The molecule has 0 radical (unpaired) electrons. The van der Waals surface area contributed by atoms with Crippen molar-refractivity contribution in [2.75, 3.05) is 13.1 Å². The summed E-state index contributed by atoms with van der Waals surface area (Å²) in [4.78, 5) is 5.95. The summed E-state index contributed by atoms with van der Waals surface area (Å²) in [5, 5.41) is 3.07. The van der Waals surface area contributed by atoms with Crippen LogP contribution in [0.15, 0.2) is 17.4 Å². The Bertz CT molecular complexity index is 253. The zero-order chi connectivity index (χ0) is 10.0. The van der Waals surface area contributed by atoms with E-state index < -0.39 is 5.92 Å². The Balaban J connectivity index is 1.89. The fourth-order valence-corrected chi connectivity index (χ4v) is 1.69. The second kappa shape index (κ2) is 3.65. The van der Waals surface area contributed by atoms with Crippen LogP contribution in [-0.2, 0) is 0 Å². The topological polar surface area (TPSA) is 27.6 Å². The monoisotopic (exact) mass is 201 g/mol. The van der Waals surface area contributed by atoms with Crippen molar-refractivity contribution < 1.29 is 8.78 Å². The maximum absolute atomic E-state index is 12.9. The quantitative estimate of drug-likeness (QED) is 0.690. The fraction of sp³-hybridized carbons (Fsp3) is 0.667. The zero-order valence-corrected chi connectivity index (χ0v) is 7.79. The van der Waals surface area contributed by atoms with E-state index >= 15 is 0 Å². The summed E-state index contributed by atoms with van der Waals surface area (Å²) in [6, 6.07) is 0. The van der Waals surface area contributed by atoms with Crippen LogP contribution in [0.3, 0.4) is 0 Å². The van der Waals surface area contributed by atoms with Crippen LogP contribution in [-0.4, -0.2) is 36.3 Å². The van der Waals surface area contributed by atoms with Crippen LogP contribution in [0.25, 0.3) is 0 Å². The molecule has 0 aromatic rings. The summed E-state index contributed by atoms with van der Waals surface area (Å²) < 4.78 is 25.7. The molecule has 1 N–H and O–H groups in total. The van der Waals surface area contributed by atoms with Gasteiger partial charge in [-0.3, -0.25) is 9.89 Å². The first-order chi connectivity index (χ1) is 6.67. The van der Waals surface area contributed by atoms with Crippen molar-refractivity contribution in [3.05, 3.63) is 12.4 Å². The highest BCUT2D eigenvalue weighted by Crippen LogP contribution is 2.28. The van der Waals surface area contributed by atoms with Gasteiger partial charge in [0.15, 0.2) is 0 Å². The molecule has 0 aromatic heterocycles. The van der Waals surface area contributed by atoms with Gasteiger partial charge in [0, 0.05) is 44.5 Å². The SMILES string of the molecule is FC1(F)CCN(C2C=NC=CN2)CC1. The Morgan fingerprint density at radius 2 is 2.07 bits per heavy atom. The van der Waals surface area contributed by atoms with Gasteiger partial charge in [0.25, 0.3) is 5.92 Å². The van der Waals surface area contributed by atoms with Gasteiger partial charge in [0.2, 0.25) is 0 Å². The van der Waals surface area contributed by atoms with E-state index in [9.17, 15) is 8.78 Å². The van der Waals surface area contributed by atoms with Gasteiger partial charge in [-0.2, -0.15) is 0 Å². The highest BCUT2D eigenvalue weighted by Gasteiger charge is 2.35. The first kappa shape index (κ1) is 9.58. The van der Waals surface area contributed by atoms with Gasteiger partial charge in [-0.15, -0.1) is 0 Å². The molecule has 2 rings (SSSR count). The molecule has 2 aliphatic heterocycles. The smallest absolute Gasteiger partial charge is 0.250 e. The van der Waals surface area contributed by atoms with E-state index in [2.05, 4.69) is 10.3 Å². The lowest BCUT2D eigenvalue weighted by Crippen LogP contribution is -2.51. The predicted octanol–water partition coefficient (Wildman–Crippen LogP) is 1.19. The number of hydrogen-bond acceptors (Lipinski definition) is 3. The van der Waals surface area contributed by atoms with E-state index in [-0.39, 0.29) is 19.0 Å². The maximum atomic E-state index is 12.9. The van der Waals surface area contributed by atoms with Crippen molar-refractivity contribution >= 4 is 6.21 Å². The number of nitrogens with one attached hydrogen (secondary N) is 1. The van der Waals surface area contributed by atoms with Crippen molar-refractivity contribution in [2.24, 2.45) is 4.99 Å². The predicted molar refractivity (Wildman–Crippen MR) is 50.3 cm³/mol. The van der Waals surface area contributed by atoms with Gasteiger partial charge < -0.3 is 5.32 Å². The van der Waals surface area contributed by atoms with Gasteiger partial charge in [0.05, 0.1) is 0 Å². The van der Waals surface area contributed by atoms with Crippen molar-refractivity contribution in [1.29, 1.82) is 0 Å². The third-order valence-corrected chi connectivity index (χ3v) is 2.58. The van der Waals surface area contributed by atoms with E-state index in [1.54, 1.807) is 18.6 Å². The number of rotatable bonds is 1. The minimum atomic E-state index is -2.47. The van der Waals surface area contributed by atoms with Crippen LogP contribution in [0.1, 0.15) is 12.8 Å². The fourth-order valence-electron chi connectivity index (χ4n) is 1.69. The molecule has 5 heteroatoms. The molecule has 2 heterocycles. The third-order valence-electron chi connectivity index (χ3n) is 2.58. The van der Waals surface area contributed by atoms with Crippen molar-refractivity contribution in [3.8, 4) is 0 Å². The summed E-state index contributed by atoms with van der Waals surface area (Å²) in [6.45, 7) is 0.842. The minimum Gasteiger partial charge on any atom is -0.370 e. The van der Waals surface area contributed by atoms with Gasteiger partial charge >= 0.3 is 0 Å². The summed E-state index contributed by atoms with van der Waals surface area (Å²) >= 11 is 0. The molecule has 0 aliphatic carbocycles. The summed E-state index contributed by atoms with van der Waals surface area (Å²) in [7, 11) is 0. The van der Waals surface area contributed by atoms with Gasteiger partial charge in [0.1, 0.15) is 6.17 Å². The summed E-state index contributed by atoms with van der Waals surface area (Å²) in [5.41, 5.74) is 0. The molecule has 14 heavy (non-hydrogen) atoms. The Hall–Kier alpha value is -0.970. The van der Waals surface area contributed by atoms with E-state index in [0.29, 0.717) is 13.1 Å². The number of alkyl halides is 2. The molecular formula is C9H13F2N3. The first-order valence-corrected chi connectivity index (χ1v) is 4.74. The van der Waals surface area contributed by atoms with E-state index in [4.69, 9.17) is 0 Å². The molecule has 1 atom stereocenters. The first-order valence-electron chi connectivity index (χ1n) is 4.74. The molecule has 2 aliphatic rings. The van der Waals surface area contributed by atoms with Crippen molar-refractivity contribution in [3.63, 3.8) is 0 Å². The Kier molecular flexibility index (Phi) is 2.50. The number of hydrogen-bond donors (Lipinski definition) is 1. The molecule has 1 saturated heterocycles. The molecule has 3 nitrogen and oxygen atoms in total. The van der Waals surface area contributed by atoms with Crippen LogP contribution < -0.4 is 5.32 Å². The number of piperidine rings is 1. The van der Waals surface area contributed by atoms with E-state index in [0.717, 1.165) is 0 Å². The molecule has 0 aromatic carbocycles.